The lowest BCUT2D eigenvalue weighted by Gasteiger charge is -2.38. The summed E-state index contributed by atoms with van der Waals surface area (Å²) < 4.78 is 0. The SMILES string of the molecule is CC1=CC(=O)CC(C)(C)[C@@H]1/C=C/C(C)=C/C=C/C(C)=C/C=C/C=C(C)/C=C/C=C(C)/C=C/[C@@H]1C(C)=C[C@@H](O)CC1(C)C. The first-order valence-corrected chi connectivity index (χ1v) is 15.3. The van der Waals surface area contributed by atoms with Crippen LogP contribution in [0.25, 0.3) is 0 Å². The molecule has 0 aromatic rings. The second-order valence-corrected chi connectivity index (χ2v) is 13.6. The van der Waals surface area contributed by atoms with E-state index in [9.17, 15) is 9.90 Å². The third-order valence-electron chi connectivity index (χ3n) is 8.24. The molecule has 0 aromatic heterocycles. The van der Waals surface area contributed by atoms with Crippen molar-refractivity contribution in [3.8, 4) is 0 Å². The van der Waals surface area contributed by atoms with Gasteiger partial charge in [0.2, 0.25) is 0 Å². The summed E-state index contributed by atoms with van der Waals surface area (Å²) in [5.41, 5.74) is 7.16. The second-order valence-electron chi connectivity index (χ2n) is 13.6. The molecule has 1 N–H and O–H groups in total. The lowest BCUT2D eigenvalue weighted by Crippen LogP contribution is -2.32. The van der Waals surface area contributed by atoms with Gasteiger partial charge < -0.3 is 5.11 Å². The van der Waals surface area contributed by atoms with Crippen molar-refractivity contribution in [3.05, 3.63) is 131 Å². The minimum atomic E-state index is -0.333. The first kappa shape index (κ1) is 35.0. The lowest BCUT2D eigenvalue weighted by molar-refractivity contribution is -0.117. The first-order valence-electron chi connectivity index (χ1n) is 15.3. The standard InChI is InChI=1S/C40H54O2/c1-29(17-13-19-31(3)21-23-37-33(5)25-35(41)27-39(37,7)8)15-11-12-16-30(2)18-14-20-32(4)22-24-38-34(6)26-36(42)28-40(38,9)10/h11-26,35,37-38,41H,27-28H2,1-10H3/b12-11+,17-13+,18-14+,23-21+,24-22+,29-15+,30-16+,31-19+,32-20+/t35-,37-,38-/m1/s1. The van der Waals surface area contributed by atoms with Crippen molar-refractivity contribution >= 4 is 5.78 Å². The van der Waals surface area contributed by atoms with Gasteiger partial charge in [0.1, 0.15) is 0 Å². The number of hydrogen-bond donors (Lipinski definition) is 1. The predicted octanol–water partition coefficient (Wildman–Crippen LogP) is 10.5. The van der Waals surface area contributed by atoms with Crippen LogP contribution in [0.5, 0.6) is 0 Å². The van der Waals surface area contributed by atoms with Crippen molar-refractivity contribution in [1.82, 2.24) is 0 Å². The third-order valence-corrected chi connectivity index (χ3v) is 8.24. The fourth-order valence-electron chi connectivity index (χ4n) is 5.98. The van der Waals surface area contributed by atoms with Gasteiger partial charge in [0.05, 0.1) is 6.10 Å². The number of ketones is 1. The maximum atomic E-state index is 11.9. The van der Waals surface area contributed by atoms with Crippen molar-refractivity contribution in [2.24, 2.45) is 22.7 Å². The number of allylic oxidation sites excluding steroid dienone is 21. The molecule has 3 atom stereocenters. The molecule has 2 aliphatic rings. The minimum Gasteiger partial charge on any atom is -0.389 e. The highest BCUT2D eigenvalue weighted by Crippen LogP contribution is 2.42. The summed E-state index contributed by atoms with van der Waals surface area (Å²) in [5.74, 6) is 0.866. The maximum absolute atomic E-state index is 11.9. The van der Waals surface area contributed by atoms with E-state index >= 15 is 0 Å². The second kappa shape index (κ2) is 15.8. The van der Waals surface area contributed by atoms with Gasteiger partial charge in [-0.15, -0.1) is 0 Å². The predicted molar refractivity (Wildman–Crippen MR) is 183 cm³/mol. The van der Waals surface area contributed by atoms with Crippen LogP contribution >= 0.6 is 0 Å². The number of aliphatic hydroxyl groups is 1. The topological polar surface area (TPSA) is 37.3 Å². The van der Waals surface area contributed by atoms with Crippen LogP contribution < -0.4 is 0 Å². The summed E-state index contributed by atoms with van der Waals surface area (Å²) in [4.78, 5) is 11.9. The van der Waals surface area contributed by atoms with Gasteiger partial charge in [-0.25, -0.2) is 0 Å². The minimum absolute atomic E-state index is 0.0422. The van der Waals surface area contributed by atoms with Crippen molar-refractivity contribution in [2.75, 3.05) is 0 Å². The average molecular weight is 567 g/mol. The van der Waals surface area contributed by atoms with Gasteiger partial charge in [0.15, 0.2) is 5.78 Å². The van der Waals surface area contributed by atoms with Crippen LogP contribution in [0.3, 0.4) is 0 Å². The van der Waals surface area contributed by atoms with Gasteiger partial charge >= 0.3 is 0 Å². The molecular weight excluding hydrogens is 512 g/mol. The lowest BCUT2D eigenvalue weighted by atomic mass is 9.67. The Balaban J connectivity index is 1.89. The smallest absolute Gasteiger partial charge is 0.156 e. The molecule has 2 nitrogen and oxygen atoms in total. The van der Waals surface area contributed by atoms with Gasteiger partial charge in [-0.2, -0.15) is 0 Å². The Morgan fingerprint density at radius 1 is 0.690 bits per heavy atom. The van der Waals surface area contributed by atoms with E-state index in [-0.39, 0.29) is 28.6 Å². The number of aliphatic hydroxyl groups excluding tert-OH is 1. The Morgan fingerprint density at radius 2 is 1.12 bits per heavy atom. The van der Waals surface area contributed by atoms with Gasteiger partial charge in [-0.1, -0.05) is 152 Å². The van der Waals surface area contributed by atoms with E-state index in [0.717, 1.165) is 12.0 Å². The summed E-state index contributed by atoms with van der Waals surface area (Å²) >= 11 is 0. The molecule has 0 radical (unpaired) electrons. The fourth-order valence-corrected chi connectivity index (χ4v) is 5.98. The normalized spacial score (nSPS) is 26.4. The van der Waals surface area contributed by atoms with Gasteiger partial charge in [-0.05, 0) is 64.9 Å². The summed E-state index contributed by atoms with van der Waals surface area (Å²) in [6, 6.07) is 0. The highest BCUT2D eigenvalue weighted by atomic mass is 16.3. The molecule has 0 aliphatic heterocycles. The van der Waals surface area contributed by atoms with E-state index in [4.69, 9.17) is 0 Å². The number of carbonyl (C=O) groups is 1. The Kier molecular flexibility index (Phi) is 13.2. The van der Waals surface area contributed by atoms with Gasteiger partial charge in [0.25, 0.3) is 0 Å². The maximum Gasteiger partial charge on any atom is 0.156 e. The number of rotatable bonds is 10. The Hall–Kier alpha value is -3.23. The molecule has 2 aliphatic carbocycles. The van der Waals surface area contributed by atoms with E-state index in [1.807, 2.05) is 6.08 Å². The molecule has 0 bridgehead atoms. The molecule has 0 saturated carbocycles. The van der Waals surface area contributed by atoms with E-state index in [1.165, 1.54) is 27.9 Å². The van der Waals surface area contributed by atoms with Crippen LogP contribution in [0.2, 0.25) is 0 Å². The van der Waals surface area contributed by atoms with Crippen LogP contribution in [0.4, 0.5) is 0 Å². The molecule has 0 amide bonds. The van der Waals surface area contributed by atoms with Crippen molar-refractivity contribution in [1.29, 1.82) is 0 Å². The Bertz CT molecular complexity index is 1300. The zero-order valence-corrected chi connectivity index (χ0v) is 27.7. The molecule has 226 valence electrons. The summed E-state index contributed by atoms with van der Waals surface area (Å²) in [6.07, 6.45) is 34.8. The zero-order chi connectivity index (χ0) is 31.5. The monoisotopic (exact) mass is 566 g/mol. The molecule has 0 saturated heterocycles. The molecule has 0 aromatic carbocycles. The molecule has 0 heterocycles. The third kappa shape index (κ3) is 11.6. The van der Waals surface area contributed by atoms with Gasteiger partial charge in [-0.3, -0.25) is 4.79 Å². The Labute approximate surface area is 256 Å². The van der Waals surface area contributed by atoms with E-state index in [0.29, 0.717) is 12.3 Å². The largest absolute Gasteiger partial charge is 0.389 e. The van der Waals surface area contributed by atoms with Crippen molar-refractivity contribution < 1.29 is 9.90 Å². The van der Waals surface area contributed by atoms with Crippen molar-refractivity contribution in [3.63, 3.8) is 0 Å². The fraction of sp³-hybridized carbons (Fsp3) is 0.425. The summed E-state index contributed by atoms with van der Waals surface area (Å²) in [7, 11) is 0. The molecule has 0 unspecified atom stereocenters. The molecular formula is C40H54O2. The van der Waals surface area contributed by atoms with Crippen LogP contribution in [0.15, 0.2) is 131 Å². The number of carbonyl (C=O) groups excluding carboxylic acids is 1. The summed E-state index contributed by atoms with van der Waals surface area (Å²) in [5, 5.41) is 10.1. The van der Waals surface area contributed by atoms with Crippen LogP contribution in [0.1, 0.15) is 82.1 Å². The van der Waals surface area contributed by atoms with E-state index in [1.54, 1.807) is 6.08 Å². The summed E-state index contributed by atoms with van der Waals surface area (Å²) in [6.45, 7) is 21.4. The highest BCUT2D eigenvalue weighted by Gasteiger charge is 2.35. The van der Waals surface area contributed by atoms with Crippen LogP contribution in [-0.4, -0.2) is 17.0 Å². The zero-order valence-electron chi connectivity index (χ0n) is 27.7. The molecule has 2 rings (SSSR count). The van der Waals surface area contributed by atoms with Crippen LogP contribution in [0, 0.1) is 22.7 Å². The van der Waals surface area contributed by atoms with Crippen molar-refractivity contribution in [2.45, 2.75) is 88.2 Å². The molecule has 2 heteroatoms. The quantitative estimate of drug-likeness (QED) is 0.211. The number of hydrogen-bond acceptors (Lipinski definition) is 2. The molecule has 0 spiro atoms. The van der Waals surface area contributed by atoms with Gasteiger partial charge in [0, 0.05) is 18.3 Å². The molecule has 0 fully saturated rings. The molecule has 42 heavy (non-hydrogen) atoms. The highest BCUT2D eigenvalue weighted by molar-refractivity contribution is 5.92. The van der Waals surface area contributed by atoms with E-state index < -0.39 is 0 Å². The average Bonchev–Trinajstić information content (AvgIpc) is 2.84. The first-order chi connectivity index (χ1) is 19.6. The van der Waals surface area contributed by atoms with Crippen LogP contribution in [-0.2, 0) is 4.79 Å². The van der Waals surface area contributed by atoms with E-state index in [2.05, 4.69) is 154 Å². The Morgan fingerprint density at radius 3 is 1.57 bits per heavy atom.